The van der Waals surface area contributed by atoms with Crippen LogP contribution in [0.1, 0.15) is 11.1 Å². The molecular weight excluding hydrogens is 281 g/mol. The molecule has 112 valence electrons. The largest absolute Gasteiger partial charge is 0.491 e. The van der Waals surface area contributed by atoms with E-state index in [1.807, 2.05) is 30.3 Å². The van der Waals surface area contributed by atoms with E-state index in [0.29, 0.717) is 12.2 Å². The van der Waals surface area contributed by atoms with E-state index in [4.69, 9.17) is 4.74 Å². The van der Waals surface area contributed by atoms with Crippen LogP contribution in [-0.2, 0) is 22.6 Å². The smallest absolute Gasteiger partial charge is 0.248 e. The lowest BCUT2D eigenvalue weighted by Gasteiger charge is -2.16. The van der Waals surface area contributed by atoms with E-state index in [-0.39, 0.29) is 24.4 Å². The van der Waals surface area contributed by atoms with E-state index in [9.17, 15) is 9.18 Å². The lowest BCUT2D eigenvalue weighted by atomic mass is 10.1. The van der Waals surface area contributed by atoms with Crippen LogP contribution in [0.25, 0.3) is 0 Å². The maximum atomic E-state index is 13.2. The first-order chi connectivity index (χ1) is 10.7. The quantitative estimate of drug-likeness (QED) is 0.921. The van der Waals surface area contributed by atoms with Crippen LogP contribution >= 0.6 is 0 Å². The highest BCUT2D eigenvalue weighted by atomic mass is 19.1. The summed E-state index contributed by atoms with van der Waals surface area (Å²) in [5.74, 6) is 0.143. The first-order valence-corrected chi connectivity index (χ1v) is 7.14. The molecule has 2 aromatic carbocycles. The molecule has 0 saturated heterocycles. The lowest BCUT2D eigenvalue weighted by Crippen LogP contribution is -2.31. The van der Waals surface area contributed by atoms with E-state index in [1.54, 1.807) is 12.1 Å². The van der Waals surface area contributed by atoms with Gasteiger partial charge in [0.25, 0.3) is 0 Å². The molecule has 0 unspecified atom stereocenters. The van der Waals surface area contributed by atoms with Crippen LogP contribution in [0.4, 0.5) is 4.39 Å². The first-order valence-electron chi connectivity index (χ1n) is 7.14. The van der Waals surface area contributed by atoms with Gasteiger partial charge < -0.3 is 10.1 Å². The van der Waals surface area contributed by atoms with Gasteiger partial charge in [-0.15, -0.1) is 0 Å². The Kier molecular flexibility index (Phi) is 4.19. The molecule has 1 N–H and O–H groups in total. The SMILES string of the molecule is O=C1C=C(OCc2cccc(F)c2)[C@H](Cc2ccccc2)N1. The molecule has 0 aromatic heterocycles. The molecule has 3 nitrogen and oxygen atoms in total. The highest BCUT2D eigenvalue weighted by Crippen LogP contribution is 2.18. The van der Waals surface area contributed by atoms with Gasteiger partial charge in [-0.05, 0) is 29.7 Å². The summed E-state index contributed by atoms with van der Waals surface area (Å²) in [7, 11) is 0. The molecule has 0 radical (unpaired) electrons. The lowest BCUT2D eigenvalue weighted by molar-refractivity contribution is -0.116. The Morgan fingerprint density at radius 1 is 1.05 bits per heavy atom. The molecule has 1 atom stereocenters. The summed E-state index contributed by atoms with van der Waals surface area (Å²) in [6.45, 7) is 0.240. The normalized spacial score (nSPS) is 17.0. The molecule has 1 aliphatic rings. The fourth-order valence-corrected chi connectivity index (χ4v) is 2.45. The van der Waals surface area contributed by atoms with Crippen molar-refractivity contribution >= 4 is 5.91 Å². The molecule has 0 spiro atoms. The number of hydrogen-bond acceptors (Lipinski definition) is 2. The summed E-state index contributed by atoms with van der Waals surface area (Å²) in [4.78, 5) is 11.6. The Balaban J connectivity index is 1.65. The van der Waals surface area contributed by atoms with Crippen LogP contribution in [0.3, 0.4) is 0 Å². The molecule has 0 bridgehead atoms. The van der Waals surface area contributed by atoms with Crippen LogP contribution in [0.5, 0.6) is 0 Å². The number of halogens is 1. The molecule has 4 heteroatoms. The Hall–Kier alpha value is -2.62. The second-order valence-electron chi connectivity index (χ2n) is 5.22. The number of carbonyl (C=O) groups excluding carboxylic acids is 1. The van der Waals surface area contributed by atoms with E-state index in [1.165, 1.54) is 18.2 Å². The van der Waals surface area contributed by atoms with Gasteiger partial charge >= 0.3 is 0 Å². The van der Waals surface area contributed by atoms with Crippen LogP contribution in [0, 0.1) is 5.82 Å². The summed E-state index contributed by atoms with van der Waals surface area (Å²) < 4.78 is 18.9. The molecule has 0 saturated carbocycles. The third-order valence-corrected chi connectivity index (χ3v) is 3.51. The van der Waals surface area contributed by atoms with Crippen LogP contribution in [0.2, 0.25) is 0 Å². The summed E-state index contributed by atoms with van der Waals surface area (Å²) in [6.07, 6.45) is 2.13. The van der Waals surface area contributed by atoms with Crippen molar-refractivity contribution in [3.63, 3.8) is 0 Å². The van der Waals surface area contributed by atoms with Crippen LogP contribution in [0.15, 0.2) is 66.4 Å². The zero-order chi connectivity index (χ0) is 15.4. The standard InChI is InChI=1S/C18H16FNO2/c19-15-8-4-7-14(9-15)12-22-17-11-18(21)20-16(17)10-13-5-2-1-3-6-13/h1-9,11,16H,10,12H2,(H,20,21)/t16-/m0/s1. The molecular formula is C18H16FNO2. The minimum absolute atomic E-state index is 0.157. The maximum absolute atomic E-state index is 13.2. The van der Waals surface area contributed by atoms with Gasteiger partial charge in [-0.2, -0.15) is 0 Å². The minimum Gasteiger partial charge on any atom is -0.491 e. The fraction of sp³-hybridized carbons (Fsp3) is 0.167. The van der Waals surface area contributed by atoms with E-state index in [2.05, 4.69) is 5.32 Å². The minimum atomic E-state index is -0.295. The van der Waals surface area contributed by atoms with Gasteiger partial charge in [0, 0.05) is 6.08 Å². The number of nitrogens with one attached hydrogen (secondary N) is 1. The summed E-state index contributed by atoms with van der Waals surface area (Å²) >= 11 is 0. The third-order valence-electron chi connectivity index (χ3n) is 3.51. The molecule has 1 amide bonds. The molecule has 0 fully saturated rings. The van der Waals surface area contributed by atoms with Crippen LogP contribution < -0.4 is 5.32 Å². The monoisotopic (exact) mass is 297 g/mol. The Morgan fingerprint density at radius 2 is 1.82 bits per heavy atom. The van der Waals surface area contributed by atoms with Crippen molar-refractivity contribution in [3.8, 4) is 0 Å². The first kappa shape index (κ1) is 14.3. The predicted octanol–water partition coefficient (Wildman–Crippen LogP) is 2.97. The van der Waals surface area contributed by atoms with Crippen molar-refractivity contribution in [3.05, 3.63) is 83.4 Å². The Morgan fingerprint density at radius 3 is 2.59 bits per heavy atom. The van der Waals surface area contributed by atoms with Crippen molar-refractivity contribution in [1.82, 2.24) is 5.32 Å². The van der Waals surface area contributed by atoms with Crippen molar-refractivity contribution in [2.75, 3.05) is 0 Å². The Bertz CT molecular complexity index is 697. The molecule has 3 rings (SSSR count). The summed E-state index contributed by atoms with van der Waals surface area (Å²) in [5.41, 5.74) is 1.86. The van der Waals surface area contributed by atoms with Crippen LogP contribution in [-0.4, -0.2) is 11.9 Å². The molecule has 1 aliphatic heterocycles. The Labute approximate surface area is 128 Å². The summed E-state index contributed by atoms with van der Waals surface area (Å²) in [6, 6.07) is 16.0. The van der Waals surface area contributed by atoms with Crippen molar-refractivity contribution in [2.24, 2.45) is 0 Å². The van der Waals surface area contributed by atoms with Gasteiger partial charge in [-0.1, -0.05) is 42.5 Å². The predicted molar refractivity (Wildman–Crippen MR) is 81.3 cm³/mol. The number of rotatable bonds is 5. The average Bonchev–Trinajstić information content (AvgIpc) is 2.86. The van der Waals surface area contributed by atoms with Crippen molar-refractivity contribution in [1.29, 1.82) is 0 Å². The highest BCUT2D eigenvalue weighted by molar-refractivity contribution is 5.91. The number of benzene rings is 2. The molecule has 0 aliphatic carbocycles. The van der Waals surface area contributed by atoms with E-state index in [0.717, 1.165) is 11.1 Å². The third kappa shape index (κ3) is 3.52. The second-order valence-corrected chi connectivity index (χ2v) is 5.22. The van der Waals surface area contributed by atoms with Gasteiger partial charge in [0.2, 0.25) is 5.91 Å². The molecule has 1 heterocycles. The van der Waals surface area contributed by atoms with E-state index >= 15 is 0 Å². The fourth-order valence-electron chi connectivity index (χ4n) is 2.45. The second kappa shape index (κ2) is 6.43. The highest BCUT2D eigenvalue weighted by Gasteiger charge is 2.25. The topological polar surface area (TPSA) is 38.3 Å². The average molecular weight is 297 g/mol. The van der Waals surface area contributed by atoms with Crippen molar-refractivity contribution < 1.29 is 13.9 Å². The van der Waals surface area contributed by atoms with Gasteiger partial charge in [0.05, 0.1) is 6.04 Å². The number of hydrogen-bond donors (Lipinski definition) is 1. The number of carbonyl (C=O) groups is 1. The molecule has 22 heavy (non-hydrogen) atoms. The van der Waals surface area contributed by atoms with Gasteiger partial charge in [0.1, 0.15) is 18.2 Å². The van der Waals surface area contributed by atoms with Gasteiger partial charge in [-0.25, -0.2) is 4.39 Å². The van der Waals surface area contributed by atoms with Gasteiger partial charge in [-0.3, -0.25) is 4.79 Å². The van der Waals surface area contributed by atoms with Crippen molar-refractivity contribution in [2.45, 2.75) is 19.1 Å². The molecule has 2 aromatic rings. The van der Waals surface area contributed by atoms with Gasteiger partial charge in [0.15, 0.2) is 0 Å². The summed E-state index contributed by atoms with van der Waals surface area (Å²) in [5, 5.41) is 2.87. The maximum Gasteiger partial charge on any atom is 0.248 e. The number of amides is 1. The number of ether oxygens (including phenoxy) is 1. The zero-order valence-corrected chi connectivity index (χ0v) is 12.0. The van der Waals surface area contributed by atoms with E-state index < -0.39 is 0 Å². The zero-order valence-electron chi connectivity index (χ0n) is 12.0.